The molecular formula is C11H13ClN2O3S. The largest absolute Gasteiger partial charge is 0.365 e. The van der Waals surface area contributed by atoms with Gasteiger partial charge < -0.3 is 15.0 Å². The minimum Gasteiger partial charge on any atom is -0.365 e. The Bertz CT molecular complexity index is 463. The molecule has 1 aliphatic heterocycles. The molecule has 2 amide bonds. The summed E-state index contributed by atoms with van der Waals surface area (Å²) in [5.74, 6) is -0.253. The smallest absolute Gasteiger partial charge is 0.262 e. The van der Waals surface area contributed by atoms with E-state index < -0.39 is 0 Å². The van der Waals surface area contributed by atoms with E-state index in [1.165, 1.54) is 11.3 Å². The third-order valence-corrected chi connectivity index (χ3v) is 4.00. The second-order valence-corrected chi connectivity index (χ2v) is 5.34. The number of nitrogens with zero attached hydrogens (tertiary/aromatic N) is 1. The fourth-order valence-corrected chi connectivity index (χ4v) is 2.68. The summed E-state index contributed by atoms with van der Waals surface area (Å²) in [7, 11) is 1.72. The Kier molecular flexibility index (Phi) is 4.21. The third kappa shape index (κ3) is 3.01. The van der Waals surface area contributed by atoms with E-state index in [4.69, 9.17) is 16.3 Å². The maximum Gasteiger partial charge on any atom is 0.262 e. The van der Waals surface area contributed by atoms with Gasteiger partial charge in [-0.25, -0.2) is 0 Å². The maximum atomic E-state index is 11.8. The van der Waals surface area contributed by atoms with Crippen molar-refractivity contribution in [3.63, 3.8) is 0 Å². The molecule has 0 saturated carbocycles. The molecule has 98 valence electrons. The summed E-state index contributed by atoms with van der Waals surface area (Å²) < 4.78 is 5.32. The first-order valence-corrected chi connectivity index (χ1v) is 6.70. The zero-order valence-corrected chi connectivity index (χ0v) is 11.4. The van der Waals surface area contributed by atoms with Gasteiger partial charge in [0.05, 0.1) is 11.1 Å². The lowest BCUT2D eigenvalue weighted by atomic mass is 10.2. The maximum absolute atomic E-state index is 11.8. The van der Waals surface area contributed by atoms with Gasteiger partial charge in [0, 0.05) is 20.1 Å². The summed E-state index contributed by atoms with van der Waals surface area (Å²) in [5, 5.41) is 4.97. The fraction of sp³-hybridized carbons (Fsp3) is 0.455. The first kappa shape index (κ1) is 13.3. The Morgan fingerprint density at radius 1 is 1.72 bits per heavy atom. The van der Waals surface area contributed by atoms with E-state index in [1.54, 1.807) is 23.4 Å². The van der Waals surface area contributed by atoms with Crippen LogP contribution in [0, 0.1) is 0 Å². The molecule has 0 unspecified atom stereocenters. The third-order valence-electron chi connectivity index (χ3n) is 2.66. The lowest BCUT2D eigenvalue weighted by molar-refractivity contribution is -0.146. The normalized spacial score (nSPS) is 20.0. The quantitative estimate of drug-likeness (QED) is 0.902. The van der Waals surface area contributed by atoms with Crippen LogP contribution in [0.4, 0.5) is 0 Å². The van der Waals surface area contributed by atoms with Crippen molar-refractivity contribution in [3.05, 3.63) is 21.3 Å². The molecular weight excluding hydrogens is 276 g/mol. The number of morpholine rings is 1. The predicted molar refractivity (Wildman–Crippen MR) is 69.0 cm³/mol. The van der Waals surface area contributed by atoms with Crippen molar-refractivity contribution < 1.29 is 14.3 Å². The fourth-order valence-electron chi connectivity index (χ4n) is 1.63. The molecule has 0 aliphatic carbocycles. The van der Waals surface area contributed by atoms with Crippen LogP contribution >= 0.6 is 22.9 Å². The van der Waals surface area contributed by atoms with E-state index in [0.29, 0.717) is 23.0 Å². The van der Waals surface area contributed by atoms with Gasteiger partial charge in [-0.2, -0.15) is 0 Å². The highest BCUT2D eigenvalue weighted by Crippen LogP contribution is 2.21. The van der Waals surface area contributed by atoms with Crippen LogP contribution in [0.2, 0.25) is 5.02 Å². The average Bonchev–Trinajstić information content (AvgIpc) is 2.77. The number of nitrogens with one attached hydrogen (secondary N) is 1. The minimum absolute atomic E-state index is 0.0427. The molecule has 2 heterocycles. The Labute approximate surface area is 114 Å². The SMILES string of the molecule is CN1C[C@H](CNC(=O)c2sccc2Cl)OCC1=O. The number of thiophene rings is 1. The van der Waals surface area contributed by atoms with Gasteiger partial charge in [0.2, 0.25) is 5.91 Å². The van der Waals surface area contributed by atoms with Crippen molar-refractivity contribution in [3.8, 4) is 0 Å². The van der Waals surface area contributed by atoms with Crippen LogP contribution in [0.1, 0.15) is 9.67 Å². The van der Waals surface area contributed by atoms with Crippen LogP contribution < -0.4 is 5.32 Å². The predicted octanol–water partition coefficient (Wildman–Crippen LogP) is 0.988. The van der Waals surface area contributed by atoms with Gasteiger partial charge in [0.25, 0.3) is 5.91 Å². The summed E-state index contributed by atoms with van der Waals surface area (Å²) in [6.45, 7) is 0.915. The Morgan fingerprint density at radius 2 is 2.50 bits per heavy atom. The van der Waals surface area contributed by atoms with Crippen LogP contribution in [0.15, 0.2) is 11.4 Å². The molecule has 1 aromatic rings. The Morgan fingerprint density at radius 3 is 3.11 bits per heavy atom. The second kappa shape index (κ2) is 5.69. The topological polar surface area (TPSA) is 58.6 Å². The van der Waals surface area contributed by atoms with E-state index in [0.717, 1.165) is 0 Å². The molecule has 1 N–H and O–H groups in total. The summed E-state index contributed by atoms with van der Waals surface area (Å²) in [6.07, 6.45) is -0.171. The second-order valence-electron chi connectivity index (χ2n) is 4.01. The molecule has 0 spiro atoms. The summed E-state index contributed by atoms with van der Waals surface area (Å²) >= 11 is 7.16. The van der Waals surface area contributed by atoms with Gasteiger partial charge in [-0.15, -0.1) is 11.3 Å². The van der Waals surface area contributed by atoms with Crippen LogP contribution in [-0.4, -0.2) is 49.6 Å². The first-order valence-electron chi connectivity index (χ1n) is 5.44. The van der Waals surface area contributed by atoms with E-state index in [1.807, 2.05) is 0 Å². The lowest BCUT2D eigenvalue weighted by Gasteiger charge is -2.29. The summed E-state index contributed by atoms with van der Waals surface area (Å²) in [6, 6.07) is 1.69. The molecule has 1 aliphatic rings. The van der Waals surface area contributed by atoms with E-state index in [2.05, 4.69) is 5.32 Å². The molecule has 1 atom stereocenters. The Hall–Kier alpha value is -1.11. The molecule has 1 fully saturated rings. The van der Waals surface area contributed by atoms with Gasteiger partial charge in [-0.3, -0.25) is 9.59 Å². The highest BCUT2D eigenvalue weighted by Gasteiger charge is 2.24. The van der Waals surface area contributed by atoms with Crippen molar-refractivity contribution in [1.82, 2.24) is 10.2 Å². The van der Waals surface area contributed by atoms with Crippen molar-refractivity contribution in [1.29, 1.82) is 0 Å². The van der Waals surface area contributed by atoms with Crippen LogP contribution in [0.25, 0.3) is 0 Å². The molecule has 1 aromatic heterocycles. The van der Waals surface area contributed by atoms with Gasteiger partial charge in [0.1, 0.15) is 11.5 Å². The van der Waals surface area contributed by atoms with Crippen LogP contribution in [0.3, 0.4) is 0 Å². The number of carbonyl (C=O) groups is 2. The number of hydrogen-bond acceptors (Lipinski definition) is 4. The highest BCUT2D eigenvalue weighted by molar-refractivity contribution is 7.12. The first-order chi connectivity index (χ1) is 8.58. The molecule has 2 rings (SSSR count). The summed E-state index contributed by atoms with van der Waals surface area (Å²) in [4.78, 5) is 25.1. The number of rotatable bonds is 3. The number of amides is 2. The molecule has 0 bridgehead atoms. The van der Waals surface area contributed by atoms with Crippen molar-refractivity contribution >= 4 is 34.8 Å². The standard InChI is InChI=1S/C11H13ClN2O3S/c1-14-5-7(17-6-9(14)15)4-13-11(16)10-8(12)2-3-18-10/h2-3,7H,4-6H2,1H3,(H,13,16)/t7-/m0/s1. The number of carbonyl (C=O) groups excluding carboxylic acids is 2. The number of likely N-dealkylation sites (N-methyl/N-ethyl adjacent to an activating group) is 1. The molecule has 5 nitrogen and oxygen atoms in total. The average molecular weight is 289 g/mol. The van der Waals surface area contributed by atoms with Gasteiger partial charge in [-0.05, 0) is 11.4 Å². The number of ether oxygens (including phenoxy) is 1. The van der Waals surface area contributed by atoms with E-state index in [9.17, 15) is 9.59 Å². The molecule has 0 aromatic carbocycles. The molecule has 0 radical (unpaired) electrons. The molecule has 1 saturated heterocycles. The van der Waals surface area contributed by atoms with E-state index in [-0.39, 0.29) is 24.5 Å². The molecule has 18 heavy (non-hydrogen) atoms. The monoisotopic (exact) mass is 288 g/mol. The number of halogens is 1. The van der Waals surface area contributed by atoms with Gasteiger partial charge in [-0.1, -0.05) is 11.6 Å². The zero-order chi connectivity index (χ0) is 13.1. The van der Waals surface area contributed by atoms with Gasteiger partial charge >= 0.3 is 0 Å². The Balaban J connectivity index is 1.84. The van der Waals surface area contributed by atoms with Crippen molar-refractivity contribution in [2.24, 2.45) is 0 Å². The minimum atomic E-state index is -0.210. The van der Waals surface area contributed by atoms with Crippen LogP contribution in [-0.2, 0) is 9.53 Å². The zero-order valence-electron chi connectivity index (χ0n) is 9.81. The van der Waals surface area contributed by atoms with E-state index >= 15 is 0 Å². The number of hydrogen-bond donors (Lipinski definition) is 1. The highest BCUT2D eigenvalue weighted by atomic mass is 35.5. The van der Waals surface area contributed by atoms with Crippen molar-refractivity contribution in [2.45, 2.75) is 6.10 Å². The lowest BCUT2D eigenvalue weighted by Crippen LogP contribution is -2.48. The van der Waals surface area contributed by atoms with Crippen molar-refractivity contribution in [2.75, 3.05) is 26.7 Å². The van der Waals surface area contributed by atoms with Crippen LogP contribution in [0.5, 0.6) is 0 Å². The molecule has 7 heteroatoms. The van der Waals surface area contributed by atoms with Gasteiger partial charge in [0.15, 0.2) is 0 Å². The summed E-state index contributed by atoms with van der Waals surface area (Å²) in [5.41, 5.74) is 0.